The monoisotopic (exact) mass is 427 g/mol. The molecule has 0 saturated carbocycles. The van der Waals surface area contributed by atoms with E-state index in [1.54, 1.807) is 69.4 Å². The third-order valence-corrected chi connectivity index (χ3v) is 5.26. The highest BCUT2D eigenvalue weighted by Crippen LogP contribution is 2.23. The fourth-order valence-electron chi connectivity index (χ4n) is 3.40. The first-order valence-electron chi connectivity index (χ1n) is 9.91. The molecule has 7 heteroatoms. The van der Waals surface area contributed by atoms with Crippen molar-refractivity contribution >= 4 is 29.0 Å². The number of nitrogens with one attached hydrogen (secondary N) is 1. The molecule has 6 nitrogen and oxygen atoms in total. The van der Waals surface area contributed by atoms with Gasteiger partial charge in [0.05, 0.1) is 0 Å². The van der Waals surface area contributed by atoms with Gasteiger partial charge in [0.15, 0.2) is 11.4 Å². The highest BCUT2D eigenvalue weighted by Gasteiger charge is 2.35. The molecule has 1 heterocycles. The first kappa shape index (κ1) is 21.8. The molecule has 0 unspecified atom stereocenters. The van der Waals surface area contributed by atoms with Crippen LogP contribution in [0.5, 0.6) is 5.75 Å². The molecule has 0 radical (unpaired) electrons. The fraction of sp³-hybridized carbons (Fsp3) is 0.348. The lowest BCUT2D eigenvalue weighted by atomic mass is 10.0. The molecule has 0 bridgehead atoms. The van der Waals surface area contributed by atoms with E-state index in [0.717, 1.165) is 18.6 Å². The molecule has 0 aliphatic carbocycles. The van der Waals surface area contributed by atoms with E-state index in [2.05, 4.69) is 10.5 Å². The average molecular weight is 428 g/mol. The van der Waals surface area contributed by atoms with Crippen LogP contribution in [0.3, 0.4) is 0 Å². The van der Waals surface area contributed by atoms with Gasteiger partial charge in [0.1, 0.15) is 5.75 Å². The number of halogens is 1. The van der Waals surface area contributed by atoms with E-state index in [9.17, 15) is 9.59 Å². The Bertz CT molecular complexity index is 927. The van der Waals surface area contributed by atoms with Crippen LogP contribution in [0.25, 0.3) is 0 Å². The minimum atomic E-state index is -1.01. The number of benzene rings is 2. The molecule has 0 atom stereocenters. The molecule has 0 spiro atoms. The van der Waals surface area contributed by atoms with Crippen LogP contribution in [0.15, 0.2) is 53.6 Å². The molecule has 1 amide bonds. The second-order valence-corrected chi connectivity index (χ2v) is 8.10. The van der Waals surface area contributed by atoms with Crippen LogP contribution in [0.2, 0.25) is 5.02 Å². The quantitative estimate of drug-likeness (QED) is 0.560. The summed E-state index contributed by atoms with van der Waals surface area (Å²) in [6, 6.07) is 13.6. The van der Waals surface area contributed by atoms with Crippen molar-refractivity contribution < 1.29 is 14.3 Å². The first-order chi connectivity index (χ1) is 14.3. The predicted octanol–water partition coefficient (Wildman–Crippen LogP) is 3.93. The molecule has 1 fully saturated rings. The summed E-state index contributed by atoms with van der Waals surface area (Å²) in [5, 5.41) is 4.80. The second kappa shape index (κ2) is 9.30. The number of ketones is 1. The number of rotatable bonds is 6. The zero-order valence-electron chi connectivity index (χ0n) is 17.4. The number of likely N-dealkylation sites (tertiary alicyclic amines) is 1. The van der Waals surface area contributed by atoms with Crippen molar-refractivity contribution in [3.8, 4) is 5.75 Å². The number of hydrogen-bond donors (Lipinski definition) is 1. The van der Waals surface area contributed by atoms with Gasteiger partial charge in [0.25, 0.3) is 5.91 Å². The van der Waals surface area contributed by atoms with E-state index in [0.29, 0.717) is 35.0 Å². The zero-order chi connectivity index (χ0) is 21.7. The minimum Gasteiger partial charge on any atom is -0.478 e. The molecule has 3 rings (SSSR count). The van der Waals surface area contributed by atoms with Gasteiger partial charge in [0.2, 0.25) is 0 Å². The lowest BCUT2D eigenvalue weighted by Gasteiger charge is -2.34. The number of carbonyl (C=O) groups is 2. The molecule has 2 aromatic rings. The Morgan fingerprint density at radius 2 is 1.53 bits per heavy atom. The van der Waals surface area contributed by atoms with Crippen molar-refractivity contribution in [3.63, 3.8) is 0 Å². The second-order valence-electron chi connectivity index (χ2n) is 7.67. The van der Waals surface area contributed by atoms with Crippen LogP contribution in [0, 0.1) is 0 Å². The van der Waals surface area contributed by atoms with E-state index in [1.165, 1.54) is 0 Å². The van der Waals surface area contributed by atoms with Gasteiger partial charge in [-0.3, -0.25) is 9.59 Å². The Morgan fingerprint density at radius 1 is 1.00 bits per heavy atom. The largest absolute Gasteiger partial charge is 0.478 e. The van der Waals surface area contributed by atoms with E-state index in [1.807, 2.05) is 4.90 Å². The fourth-order valence-corrected chi connectivity index (χ4v) is 3.53. The third-order valence-electron chi connectivity index (χ3n) is 5.01. The summed E-state index contributed by atoms with van der Waals surface area (Å²) in [7, 11) is 1.77. The van der Waals surface area contributed by atoms with Crippen molar-refractivity contribution in [3.05, 3.63) is 64.7 Å². The van der Waals surface area contributed by atoms with Gasteiger partial charge in [-0.25, -0.2) is 0 Å². The van der Waals surface area contributed by atoms with Crippen molar-refractivity contribution in [1.29, 1.82) is 0 Å². The van der Waals surface area contributed by atoms with Gasteiger partial charge in [-0.1, -0.05) is 11.6 Å². The summed E-state index contributed by atoms with van der Waals surface area (Å²) in [5.41, 5.74) is 3.96. The van der Waals surface area contributed by atoms with Crippen LogP contribution in [-0.2, 0) is 4.79 Å². The van der Waals surface area contributed by atoms with Crippen LogP contribution in [0.4, 0.5) is 0 Å². The number of piperidine rings is 1. The molecular formula is C23H26ClN3O3. The number of nitrogens with zero attached hydrogens (tertiary/aromatic N) is 2. The predicted molar refractivity (Wildman–Crippen MR) is 118 cm³/mol. The Hall–Kier alpha value is -2.86. The summed E-state index contributed by atoms with van der Waals surface area (Å²) in [5.74, 6) is 0.378. The van der Waals surface area contributed by atoms with Gasteiger partial charge < -0.3 is 15.1 Å². The first-order valence-corrected chi connectivity index (χ1v) is 10.3. The van der Waals surface area contributed by atoms with Crippen LogP contribution < -0.4 is 10.2 Å². The Labute approximate surface area is 181 Å². The maximum atomic E-state index is 13.0. The standard InChI is InChI=1S/C23H26ClN3O3/c1-23(2,22(29)27-14-12-19(13-15-27)26-25-3)30-20-10-6-17(7-11-20)21(28)16-4-8-18(24)9-5-16/h4-11,25H,12-15H2,1-3H3. The summed E-state index contributed by atoms with van der Waals surface area (Å²) in [6.45, 7) is 4.78. The van der Waals surface area contributed by atoms with Gasteiger partial charge in [-0.15, -0.1) is 0 Å². The molecule has 1 aliphatic heterocycles. The minimum absolute atomic E-state index is 0.0627. The number of amides is 1. The molecule has 1 aliphatic rings. The Kier molecular flexibility index (Phi) is 6.77. The normalized spacial score (nSPS) is 14.3. The molecule has 30 heavy (non-hydrogen) atoms. The molecule has 158 valence electrons. The lowest BCUT2D eigenvalue weighted by molar-refractivity contribution is -0.145. The van der Waals surface area contributed by atoms with E-state index in [-0.39, 0.29) is 11.7 Å². The van der Waals surface area contributed by atoms with E-state index in [4.69, 9.17) is 16.3 Å². The average Bonchev–Trinajstić information content (AvgIpc) is 2.74. The van der Waals surface area contributed by atoms with Crippen molar-refractivity contribution in [2.24, 2.45) is 5.10 Å². The number of ether oxygens (including phenoxy) is 1. The molecule has 0 aromatic heterocycles. The zero-order valence-corrected chi connectivity index (χ0v) is 18.2. The topological polar surface area (TPSA) is 71.0 Å². The van der Waals surface area contributed by atoms with Crippen molar-refractivity contribution in [2.75, 3.05) is 20.1 Å². The van der Waals surface area contributed by atoms with Crippen LogP contribution in [0.1, 0.15) is 42.6 Å². The van der Waals surface area contributed by atoms with Gasteiger partial charge in [-0.05, 0) is 62.4 Å². The summed E-state index contributed by atoms with van der Waals surface area (Å²) < 4.78 is 5.98. The van der Waals surface area contributed by atoms with Crippen molar-refractivity contribution in [1.82, 2.24) is 10.3 Å². The van der Waals surface area contributed by atoms with E-state index < -0.39 is 5.60 Å². The number of hydrazone groups is 1. The number of hydrogen-bond acceptors (Lipinski definition) is 5. The van der Waals surface area contributed by atoms with Crippen molar-refractivity contribution in [2.45, 2.75) is 32.3 Å². The van der Waals surface area contributed by atoms with Gasteiger partial charge in [-0.2, -0.15) is 5.10 Å². The van der Waals surface area contributed by atoms with Gasteiger partial charge in [0, 0.05) is 54.8 Å². The smallest absolute Gasteiger partial charge is 0.266 e. The molecule has 2 aromatic carbocycles. The van der Waals surface area contributed by atoms with Crippen LogP contribution >= 0.6 is 11.6 Å². The highest BCUT2D eigenvalue weighted by atomic mass is 35.5. The number of carbonyl (C=O) groups excluding carboxylic acids is 2. The maximum Gasteiger partial charge on any atom is 0.266 e. The summed E-state index contributed by atoms with van der Waals surface area (Å²) >= 11 is 5.88. The Morgan fingerprint density at radius 3 is 2.07 bits per heavy atom. The van der Waals surface area contributed by atoms with E-state index >= 15 is 0 Å². The third kappa shape index (κ3) is 5.19. The van der Waals surface area contributed by atoms with Gasteiger partial charge >= 0.3 is 0 Å². The molecule has 1 saturated heterocycles. The molecular weight excluding hydrogens is 402 g/mol. The summed E-state index contributed by atoms with van der Waals surface area (Å²) in [4.78, 5) is 27.4. The van der Waals surface area contributed by atoms with Crippen LogP contribution in [-0.4, -0.2) is 48.0 Å². The SMILES string of the molecule is CNN=C1CCN(C(=O)C(C)(C)Oc2ccc(C(=O)c3ccc(Cl)cc3)cc2)CC1. The Balaban J connectivity index is 1.63. The lowest BCUT2D eigenvalue weighted by Crippen LogP contribution is -2.51. The maximum absolute atomic E-state index is 13.0. The highest BCUT2D eigenvalue weighted by molar-refractivity contribution is 6.30. The molecule has 1 N–H and O–H groups in total. The summed E-state index contributed by atoms with van der Waals surface area (Å²) in [6.07, 6.45) is 1.51.